The van der Waals surface area contributed by atoms with E-state index >= 15 is 0 Å². The monoisotopic (exact) mass is 460 g/mol. The van der Waals surface area contributed by atoms with Crippen LogP contribution in [-0.2, 0) is 19.1 Å². The fourth-order valence-corrected chi connectivity index (χ4v) is 5.93. The van der Waals surface area contributed by atoms with Gasteiger partial charge >= 0.3 is 11.9 Å². The topological polar surface area (TPSA) is 52.6 Å². The van der Waals surface area contributed by atoms with Gasteiger partial charge in [0.1, 0.15) is 12.2 Å². The summed E-state index contributed by atoms with van der Waals surface area (Å²) in [6, 6.07) is 0. The molecule has 0 heterocycles. The normalized spacial score (nSPS) is 29.8. The molecule has 0 aromatic carbocycles. The molecule has 2 aliphatic rings. The number of unbranched alkanes of at least 4 members (excludes halogenated alkanes) is 2. The van der Waals surface area contributed by atoms with Crippen LogP contribution in [0.3, 0.4) is 0 Å². The number of carbonyl (C=O) groups excluding carboxylic acids is 2. The lowest BCUT2D eigenvalue weighted by Gasteiger charge is -2.42. The van der Waals surface area contributed by atoms with Crippen molar-refractivity contribution < 1.29 is 19.1 Å². The molecule has 188 valence electrons. The minimum Gasteiger partial charge on any atom is -0.459 e. The molecule has 0 saturated heterocycles. The molecule has 2 saturated carbocycles. The van der Waals surface area contributed by atoms with Crippen molar-refractivity contribution in [3.63, 3.8) is 0 Å². The predicted octanol–water partition coefficient (Wildman–Crippen LogP) is 7.57. The average molecular weight is 461 g/mol. The van der Waals surface area contributed by atoms with Crippen molar-refractivity contribution in [1.29, 1.82) is 0 Å². The third-order valence-electron chi connectivity index (χ3n) is 7.89. The highest BCUT2D eigenvalue weighted by atomic mass is 16.5. The van der Waals surface area contributed by atoms with Crippen LogP contribution in [-0.4, -0.2) is 24.1 Å². The van der Waals surface area contributed by atoms with E-state index in [9.17, 15) is 9.59 Å². The lowest BCUT2D eigenvalue weighted by Crippen LogP contribution is -2.36. The van der Waals surface area contributed by atoms with E-state index in [0.717, 1.165) is 38.5 Å². The average Bonchev–Trinajstić information content (AvgIpc) is 2.78. The van der Waals surface area contributed by atoms with Gasteiger partial charge in [-0.05, 0) is 82.5 Å². The lowest BCUT2D eigenvalue weighted by molar-refractivity contribution is -0.147. The Morgan fingerprint density at radius 2 is 1.09 bits per heavy atom. The molecule has 33 heavy (non-hydrogen) atoms. The molecule has 2 aliphatic carbocycles. The summed E-state index contributed by atoms with van der Waals surface area (Å²) in [5, 5.41) is 0. The lowest BCUT2D eigenvalue weighted by atomic mass is 9.66. The van der Waals surface area contributed by atoms with Crippen LogP contribution in [0.1, 0.15) is 111 Å². The molecule has 0 radical (unpaired) electrons. The SMILES string of the molecule is C=C(C)C(=O)OC1CCC(CC2CCC(OC(=O)C(=C)C)CC2CCCC)C(CCCC)C1. The molecule has 2 fully saturated rings. The number of esters is 2. The van der Waals surface area contributed by atoms with Crippen molar-refractivity contribution in [3.8, 4) is 0 Å². The molecule has 2 rings (SSSR count). The highest BCUT2D eigenvalue weighted by Crippen LogP contribution is 2.44. The van der Waals surface area contributed by atoms with E-state index in [1.165, 1.54) is 44.9 Å². The van der Waals surface area contributed by atoms with Gasteiger partial charge in [0.25, 0.3) is 0 Å². The Labute approximate surface area is 202 Å². The van der Waals surface area contributed by atoms with Gasteiger partial charge in [-0.25, -0.2) is 9.59 Å². The maximum absolute atomic E-state index is 12.1. The van der Waals surface area contributed by atoms with Crippen molar-refractivity contribution in [2.75, 3.05) is 0 Å². The van der Waals surface area contributed by atoms with E-state index in [4.69, 9.17) is 9.47 Å². The third kappa shape index (κ3) is 8.94. The molecule has 4 heteroatoms. The summed E-state index contributed by atoms with van der Waals surface area (Å²) in [4.78, 5) is 24.1. The summed E-state index contributed by atoms with van der Waals surface area (Å²) >= 11 is 0. The number of hydrogen-bond acceptors (Lipinski definition) is 4. The summed E-state index contributed by atoms with van der Waals surface area (Å²) in [6.45, 7) is 15.4. The zero-order valence-corrected chi connectivity index (χ0v) is 21.7. The second-order valence-electron chi connectivity index (χ2n) is 10.8. The summed E-state index contributed by atoms with van der Waals surface area (Å²) in [7, 11) is 0. The summed E-state index contributed by atoms with van der Waals surface area (Å²) < 4.78 is 11.5. The van der Waals surface area contributed by atoms with E-state index in [2.05, 4.69) is 27.0 Å². The quantitative estimate of drug-likeness (QED) is 0.223. The molecule has 0 aromatic rings. The van der Waals surface area contributed by atoms with Crippen molar-refractivity contribution in [2.24, 2.45) is 23.7 Å². The zero-order valence-electron chi connectivity index (χ0n) is 21.7. The van der Waals surface area contributed by atoms with Gasteiger partial charge < -0.3 is 9.47 Å². The Morgan fingerprint density at radius 1 is 0.697 bits per heavy atom. The molecule has 0 N–H and O–H groups in total. The van der Waals surface area contributed by atoms with Crippen LogP contribution in [0.4, 0.5) is 0 Å². The molecule has 0 aromatic heterocycles. The van der Waals surface area contributed by atoms with Gasteiger partial charge in [-0.15, -0.1) is 0 Å². The maximum Gasteiger partial charge on any atom is 0.333 e. The first-order chi connectivity index (χ1) is 15.7. The first-order valence-corrected chi connectivity index (χ1v) is 13.5. The van der Waals surface area contributed by atoms with E-state index in [0.29, 0.717) is 34.8 Å². The van der Waals surface area contributed by atoms with Crippen LogP contribution in [0.5, 0.6) is 0 Å². The predicted molar refractivity (Wildman–Crippen MR) is 135 cm³/mol. The molecular formula is C29H48O4. The van der Waals surface area contributed by atoms with Crippen LogP contribution in [0.25, 0.3) is 0 Å². The number of carbonyl (C=O) groups is 2. The van der Waals surface area contributed by atoms with Crippen LogP contribution in [0, 0.1) is 23.7 Å². The summed E-state index contributed by atoms with van der Waals surface area (Å²) in [5.41, 5.74) is 0.982. The van der Waals surface area contributed by atoms with Crippen molar-refractivity contribution in [1.82, 2.24) is 0 Å². The molecule has 0 aliphatic heterocycles. The Hall–Kier alpha value is -1.58. The Kier molecular flexibility index (Phi) is 11.7. The van der Waals surface area contributed by atoms with Crippen molar-refractivity contribution >= 4 is 11.9 Å². The van der Waals surface area contributed by atoms with Gasteiger partial charge in [0, 0.05) is 11.1 Å². The Balaban J connectivity index is 2.01. The van der Waals surface area contributed by atoms with Gasteiger partial charge in [0.2, 0.25) is 0 Å². The summed E-state index contributed by atoms with van der Waals surface area (Å²) in [6.07, 6.45) is 14.9. The molecule has 0 amide bonds. The highest BCUT2D eigenvalue weighted by Gasteiger charge is 2.38. The second-order valence-corrected chi connectivity index (χ2v) is 10.8. The maximum atomic E-state index is 12.1. The molecule has 6 atom stereocenters. The fourth-order valence-electron chi connectivity index (χ4n) is 5.93. The van der Waals surface area contributed by atoms with Crippen LogP contribution < -0.4 is 0 Å². The molecule has 6 unspecified atom stereocenters. The van der Waals surface area contributed by atoms with Gasteiger partial charge in [-0.2, -0.15) is 0 Å². The van der Waals surface area contributed by atoms with Gasteiger partial charge in [0.15, 0.2) is 0 Å². The largest absolute Gasteiger partial charge is 0.459 e. The third-order valence-corrected chi connectivity index (χ3v) is 7.89. The smallest absolute Gasteiger partial charge is 0.333 e. The second kappa shape index (κ2) is 14.0. The van der Waals surface area contributed by atoms with Gasteiger partial charge in [-0.1, -0.05) is 65.5 Å². The van der Waals surface area contributed by atoms with Crippen LogP contribution >= 0.6 is 0 Å². The van der Waals surface area contributed by atoms with E-state index in [1.54, 1.807) is 13.8 Å². The minimum atomic E-state index is -0.241. The highest BCUT2D eigenvalue weighted by molar-refractivity contribution is 5.87. The molecular weight excluding hydrogens is 412 g/mol. The van der Waals surface area contributed by atoms with Crippen LogP contribution in [0.2, 0.25) is 0 Å². The Bertz CT molecular complexity index is 611. The minimum absolute atomic E-state index is 0.0421. The number of rotatable bonds is 12. The summed E-state index contributed by atoms with van der Waals surface area (Å²) in [5.74, 6) is 2.20. The fraction of sp³-hybridized carbons (Fsp3) is 0.793. The standard InChI is InChI=1S/C29H48O4/c1-7-9-11-22-18-26(32-28(30)20(3)4)15-13-24(22)17-25-14-16-27(33-29(31)21(5)6)19-23(25)12-10-8-2/h22-27H,3,5,7-19H2,1-2,4,6H3. The van der Waals surface area contributed by atoms with E-state index < -0.39 is 0 Å². The zero-order chi connectivity index (χ0) is 24.4. The van der Waals surface area contributed by atoms with Crippen LogP contribution in [0.15, 0.2) is 24.3 Å². The van der Waals surface area contributed by atoms with Crippen molar-refractivity contribution in [3.05, 3.63) is 24.3 Å². The van der Waals surface area contributed by atoms with Gasteiger partial charge in [-0.3, -0.25) is 0 Å². The molecule has 0 spiro atoms. The molecule has 4 nitrogen and oxygen atoms in total. The van der Waals surface area contributed by atoms with E-state index in [-0.39, 0.29) is 24.1 Å². The van der Waals surface area contributed by atoms with E-state index in [1.807, 2.05) is 0 Å². The first-order valence-electron chi connectivity index (χ1n) is 13.5. The Morgan fingerprint density at radius 3 is 1.42 bits per heavy atom. The molecule has 0 bridgehead atoms. The van der Waals surface area contributed by atoms with Crippen molar-refractivity contribution in [2.45, 2.75) is 123 Å². The number of hydrogen-bond donors (Lipinski definition) is 0. The number of ether oxygens (including phenoxy) is 2. The van der Waals surface area contributed by atoms with Gasteiger partial charge in [0.05, 0.1) is 0 Å². The first kappa shape index (κ1) is 27.7.